The molecule has 0 amide bonds. The molecule has 1 rings (SSSR count). The van der Waals surface area contributed by atoms with Gasteiger partial charge in [-0.2, -0.15) is 0 Å². The van der Waals surface area contributed by atoms with E-state index < -0.39 is 0 Å². The highest BCUT2D eigenvalue weighted by atomic mass is 16.1. The molecular weight excluding hydrogens is 172 g/mol. The number of rotatable bonds is 2. The molecule has 0 unspecified atom stereocenters. The van der Waals surface area contributed by atoms with Crippen molar-refractivity contribution in [3.8, 4) is 0 Å². The minimum absolute atomic E-state index is 0.206. The SMILES string of the molecule is C/C=C\CC1=C(C)C(=O)CCC1(C)C. The van der Waals surface area contributed by atoms with Crippen LogP contribution in [0.1, 0.15) is 47.0 Å². The molecule has 14 heavy (non-hydrogen) atoms. The quantitative estimate of drug-likeness (QED) is 0.610. The van der Waals surface area contributed by atoms with Crippen LogP contribution in [0, 0.1) is 5.41 Å². The van der Waals surface area contributed by atoms with Crippen LogP contribution in [0.25, 0.3) is 0 Å². The van der Waals surface area contributed by atoms with Crippen LogP contribution in [0.3, 0.4) is 0 Å². The monoisotopic (exact) mass is 192 g/mol. The Morgan fingerprint density at radius 2 is 2.07 bits per heavy atom. The first-order valence-electron chi connectivity index (χ1n) is 5.33. The fraction of sp³-hybridized carbons (Fsp3) is 0.615. The molecule has 0 atom stereocenters. The van der Waals surface area contributed by atoms with Crippen LogP contribution in [0.2, 0.25) is 0 Å². The summed E-state index contributed by atoms with van der Waals surface area (Å²) in [4.78, 5) is 11.6. The second kappa shape index (κ2) is 4.12. The van der Waals surface area contributed by atoms with Crippen molar-refractivity contribution >= 4 is 5.78 Å². The summed E-state index contributed by atoms with van der Waals surface area (Å²) in [6, 6.07) is 0. The Hall–Kier alpha value is -0.850. The normalized spacial score (nSPS) is 22.1. The third-order valence-corrected chi connectivity index (χ3v) is 3.22. The summed E-state index contributed by atoms with van der Waals surface area (Å²) in [5, 5.41) is 0. The molecule has 0 aromatic heterocycles. The number of ketones is 1. The Morgan fingerprint density at radius 3 is 2.64 bits per heavy atom. The molecule has 0 spiro atoms. The number of carbonyl (C=O) groups is 1. The van der Waals surface area contributed by atoms with Crippen molar-refractivity contribution in [2.24, 2.45) is 5.41 Å². The van der Waals surface area contributed by atoms with Crippen LogP contribution in [-0.4, -0.2) is 5.78 Å². The van der Waals surface area contributed by atoms with E-state index in [1.54, 1.807) is 0 Å². The molecule has 1 nitrogen and oxygen atoms in total. The van der Waals surface area contributed by atoms with Crippen molar-refractivity contribution in [3.05, 3.63) is 23.3 Å². The number of allylic oxidation sites excluding steroid dienone is 4. The van der Waals surface area contributed by atoms with E-state index in [0.717, 1.165) is 24.8 Å². The largest absolute Gasteiger partial charge is 0.295 e. The Labute approximate surface area is 86.9 Å². The van der Waals surface area contributed by atoms with Gasteiger partial charge in [0.15, 0.2) is 5.78 Å². The van der Waals surface area contributed by atoms with Gasteiger partial charge >= 0.3 is 0 Å². The zero-order valence-corrected chi connectivity index (χ0v) is 9.68. The third-order valence-electron chi connectivity index (χ3n) is 3.22. The Morgan fingerprint density at radius 1 is 1.43 bits per heavy atom. The number of carbonyl (C=O) groups excluding carboxylic acids is 1. The fourth-order valence-corrected chi connectivity index (χ4v) is 2.11. The van der Waals surface area contributed by atoms with Gasteiger partial charge in [-0.3, -0.25) is 4.79 Å². The molecule has 1 aliphatic rings. The van der Waals surface area contributed by atoms with E-state index in [4.69, 9.17) is 0 Å². The van der Waals surface area contributed by atoms with Crippen molar-refractivity contribution in [2.75, 3.05) is 0 Å². The lowest BCUT2D eigenvalue weighted by atomic mass is 9.71. The van der Waals surface area contributed by atoms with Gasteiger partial charge in [0.1, 0.15) is 0 Å². The topological polar surface area (TPSA) is 17.1 Å². The smallest absolute Gasteiger partial charge is 0.158 e. The highest BCUT2D eigenvalue weighted by Crippen LogP contribution is 2.40. The minimum Gasteiger partial charge on any atom is -0.295 e. The zero-order valence-electron chi connectivity index (χ0n) is 9.68. The number of hydrogen-bond acceptors (Lipinski definition) is 1. The molecule has 0 heterocycles. The first-order valence-corrected chi connectivity index (χ1v) is 5.33. The molecule has 1 aliphatic carbocycles. The summed E-state index contributed by atoms with van der Waals surface area (Å²) >= 11 is 0. The van der Waals surface area contributed by atoms with Gasteiger partial charge in [-0.05, 0) is 37.7 Å². The number of hydrogen-bond donors (Lipinski definition) is 0. The van der Waals surface area contributed by atoms with Crippen molar-refractivity contribution in [1.82, 2.24) is 0 Å². The van der Waals surface area contributed by atoms with E-state index in [1.807, 2.05) is 13.8 Å². The molecule has 0 aromatic carbocycles. The van der Waals surface area contributed by atoms with Crippen molar-refractivity contribution in [3.63, 3.8) is 0 Å². The maximum atomic E-state index is 11.6. The highest BCUT2D eigenvalue weighted by Gasteiger charge is 2.31. The Kier molecular flexibility index (Phi) is 3.30. The second-order valence-electron chi connectivity index (χ2n) is 4.68. The summed E-state index contributed by atoms with van der Waals surface area (Å²) < 4.78 is 0. The van der Waals surface area contributed by atoms with Crippen molar-refractivity contribution in [2.45, 2.75) is 47.0 Å². The summed E-state index contributed by atoms with van der Waals surface area (Å²) in [5.74, 6) is 0.337. The zero-order chi connectivity index (χ0) is 10.8. The predicted octanol–water partition coefficient (Wildman–Crippen LogP) is 3.66. The molecule has 0 aromatic rings. The maximum absolute atomic E-state index is 11.6. The van der Waals surface area contributed by atoms with Crippen LogP contribution in [0.15, 0.2) is 23.3 Å². The van der Waals surface area contributed by atoms with Crippen LogP contribution in [0.4, 0.5) is 0 Å². The molecule has 0 saturated carbocycles. The summed E-state index contributed by atoms with van der Waals surface area (Å²) in [7, 11) is 0. The molecule has 0 radical (unpaired) electrons. The predicted molar refractivity (Wildman–Crippen MR) is 60.2 cm³/mol. The molecular formula is C13H20O. The maximum Gasteiger partial charge on any atom is 0.158 e. The lowest BCUT2D eigenvalue weighted by Gasteiger charge is -2.33. The lowest BCUT2D eigenvalue weighted by molar-refractivity contribution is -0.116. The third kappa shape index (κ3) is 2.14. The van der Waals surface area contributed by atoms with Gasteiger partial charge in [0, 0.05) is 6.42 Å². The molecule has 0 saturated heterocycles. The lowest BCUT2D eigenvalue weighted by Crippen LogP contribution is -2.25. The van der Waals surface area contributed by atoms with Gasteiger partial charge in [-0.1, -0.05) is 31.6 Å². The van der Waals surface area contributed by atoms with Gasteiger partial charge in [0.2, 0.25) is 0 Å². The Balaban J connectivity index is 3.02. The van der Waals surface area contributed by atoms with E-state index in [-0.39, 0.29) is 5.41 Å². The van der Waals surface area contributed by atoms with Gasteiger partial charge in [0.25, 0.3) is 0 Å². The second-order valence-corrected chi connectivity index (χ2v) is 4.68. The van der Waals surface area contributed by atoms with Gasteiger partial charge in [-0.25, -0.2) is 0 Å². The summed E-state index contributed by atoms with van der Waals surface area (Å²) in [5.41, 5.74) is 2.53. The highest BCUT2D eigenvalue weighted by molar-refractivity contribution is 5.96. The molecule has 0 fully saturated rings. The molecule has 78 valence electrons. The average Bonchev–Trinajstić information content (AvgIpc) is 2.12. The molecule has 1 heteroatoms. The standard InChI is InChI=1S/C13H20O/c1-5-6-7-11-10(2)12(14)8-9-13(11,3)4/h5-6H,7-9H2,1-4H3/b6-5-. The van der Waals surface area contributed by atoms with Gasteiger partial charge < -0.3 is 0 Å². The van der Waals surface area contributed by atoms with Crippen LogP contribution in [0.5, 0.6) is 0 Å². The van der Waals surface area contributed by atoms with Crippen LogP contribution in [-0.2, 0) is 4.79 Å². The average molecular weight is 192 g/mol. The first kappa shape index (κ1) is 11.2. The van der Waals surface area contributed by atoms with E-state index in [1.165, 1.54) is 5.57 Å². The van der Waals surface area contributed by atoms with Gasteiger partial charge in [0.05, 0.1) is 0 Å². The van der Waals surface area contributed by atoms with Gasteiger partial charge in [-0.15, -0.1) is 0 Å². The first-order chi connectivity index (χ1) is 6.49. The number of Topliss-reactive ketones (excluding diaryl/α,β-unsaturated/α-hetero) is 1. The summed E-state index contributed by atoms with van der Waals surface area (Å²) in [6.07, 6.45) is 6.84. The molecule has 0 N–H and O–H groups in total. The summed E-state index contributed by atoms with van der Waals surface area (Å²) in [6.45, 7) is 8.47. The van der Waals surface area contributed by atoms with Crippen LogP contribution < -0.4 is 0 Å². The fourth-order valence-electron chi connectivity index (χ4n) is 2.11. The van der Waals surface area contributed by atoms with E-state index >= 15 is 0 Å². The van der Waals surface area contributed by atoms with Crippen molar-refractivity contribution < 1.29 is 4.79 Å². The molecule has 0 bridgehead atoms. The van der Waals surface area contributed by atoms with E-state index in [2.05, 4.69) is 26.0 Å². The van der Waals surface area contributed by atoms with E-state index in [0.29, 0.717) is 5.78 Å². The minimum atomic E-state index is 0.206. The van der Waals surface area contributed by atoms with Crippen molar-refractivity contribution in [1.29, 1.82) is 0 Å². The van der Waals surface area contributed by atoms with Crippen LogP contribution >= 0.6 is 0 Å². The molecule has 0 aliphatic heterocycles. The van der Waals surface area contributed by atoms with E-state index in [9.17, 15) is 4.79 Å². The Bertz CT molecular complexity index is 292.